The molecular weight excluding hydrogens is 328 g/mol. The first-order valence-corrected chi connectivity index (χ1v) is 9.16. The number of aromatic nitrogens is 1. The summed E-state index contributed by atoms with van der Waals surface area (Å²) in [7, 11) is 1.71. The average Bonchev–Trinajstić information content (AvgIpc) is 3.21. The van der Waals surface area contributed by atoms with Crippen LogP contribution in [0, 0.1) is 0 Å². The quantitative estimate of drug-likeness (QED) is 0.546. The van der Waals surface area contributed by atoms with Crippen LogP contribution in [0.3, 0.4) is 0 Å². The smallest absolute Gasteiger partial charge is 0.287 e. The van der Waals surface area contributed by atoms with Crippen molar-refractivity contribution in [2.45, 2.75) is 32.7 Å². The Bertz CT molecular complexity index is 762. The number of quaternary nitrogens is 1. The van der Waals surface area contributed by atoms with Gasteiger partial charge in [-0.2, -0.15) is 5.10 Å². The molecule has 1 aliphatic heterocycles. The lowest BCUT2D eigenvalue weighted by molar-refractivity contribution is -0.918. The Hall–Kier alpha value is -2.60. The third kappa shape index (κ3) is 4.52. The van der Waals surface area contributed by atoms with Crippen LogP contribution in [-0.4, -0.2) is 36.8 Å². The molecule has 1 aromatic heterocycles. The molecule has 26 heavy (non-hydrogen) atoms. The second kappa shape index (κ2) is 8.67. The minimum absolute atomic E-state index is 0.249. The molecule has 6 nitrogen and oxygen atoms in total. The summed E-state index contributed by atoms with van der Waals surface area (Å²) in [6.07, 6.45) is 5.64. The summed E-state index contributed by atoms with van der Waals surface area (Å²) in [6.45, 7) is 5.28. The van der Waals surface area contributed by atoms with Crippen LogP contribution in [0.15, 0.2) is 41.6 Å². The number of rotatable bonds is 6. The zero-order valence-electron chi connectivity index (χ0n) is 15.5. The summed E-state index contributed by atoms with van der Waals surface area (Å²) in [6, 6.07) is 9.59. The van der Waals surface area contributed by atoms with Crippen molar-refractivity contribution in [2.75, 3.05) is 20.2 Å². The zero-order valence-corrected chi connectivity index (χ0v) is 15.5. The Kier molecular flexibility index (Phi) is 6.07. The molecule has 1 aliphatic rings. The van der Waals surface area contributed by atoms with E-state index in [-0.39, 0.29) is 5.91 Å². The number of nitrogens with zero attached hydrogens (tertiary/aromatic N) is 1. The van der Waals surface area contributed by atoms with Crippen LogP contribution >= 0.6 is 0 Å². The van der Waals surface area contributed by atoms with Gasteiger partial charge >= 0.3 is 0 Å². The number of hydrogen-bond donors (Lipinski definition) is 3. The fourth-order valence-corrected chi connectivity index (χ4v) is 3.37. The Morgan fingerprint density at radius 3 is 2.77 bits per heavy atom. The van der Waals surface area contributed by atoms with Gasteiger partial charge in [0.25, 0.3) is 5.91 Å². The highest BCUT2D eigenvalue weighted by atomic mass is 16.5. The molecule has 2 aromatic rings. The lowest BCUT2D eigenvalue weighted by Gasteiger charge is -2.24. The van der Waals surface area contributed by atoms with Crippen molar-refractivity contribution in [3.63, 3.8) is 0 Å². The van der Waals surface area contributed by atoms with Gasteiger partial charge in [0.2, 0.25) is 0 Å². The van der Waals surface area contributed by atoms with E-state index in [0.29, 0.717) is 5.69 Å². The van der Waals surface area contributed by atoms with Crippen LogP contribution in [0.4, 0.5) is 0 Å². The highest BCUT2D eigenvalue weighted by molar-refractivity contribution is 6.00. The van der Waals surface area contributed by atoms with Crippen LogP contribution in [0.25, 0.3) is 0 Å². The number of ether oxygens (including phenoxy) is 1. The van der Waals surface area contributed by atoms with E-state index in [1.807, 2.05) is 19.1 Å². The van der Waals surface area contributed by atoms with Crippen molar-refractivity contribution < 1.29 is 14.4 Å². The third-order valence-corrected chi connectivity index (χ3v) is 4.87. The Morgan fingerprint density at radius 1 is 1.27 bits per heavy atom. The maximum atomic E-state index is 12.0. The molecule has 0 unspecified atom stereocenters. The Labute approximate surface area is 154 Å². The number of methoxy groups -OCH3 is 1. The fraction of sp³-hybridized carbons (Fsp3) is 0.400. The van der Waals surface area contributed by atoms with Crippen molar-refractivity contribution in [2.24, 2.45) is 5.10 Å². The van der Waals surface area contributed by atoms with Crippen LogP contribution in [0.2, 0.25) is 0 Å². The molecule has 0 spiro atoms. The van der Waals surface area contributed by atoms with Crippen LogP contribution in [0.1, 0.15) is 47.8 Å². The van der Waals surface area contributed by atoms with Gasteiger partial charge in [-0.3, -0.25) is 4.79 Å². The van der Waals surface area contributed by atoms with Crippen LogP contribution in [0.5, 0.6) is 5.75 Å². The first-order chi connectivity index (χ1) is 12.7. The van der Waals surface area contributed by atoms with Gasteiger partial charge in [0.05, 0.1) is 25.9 Å². The van der Waals surface area contributed by atoms with Gasteiger partial charge in [-0.15, -0.1) is 0 Å². The molecule has 1 amide bonds. The first-order valence-electron chi connectivity index (χ1n) is 9.16. The second-order valence-corrected chi connectivity index (χ2v) is 6.74. The summed E-state index contributed by atoms with van der Waals surface area (Å²) in [4.78, 5) is 16.5. The standard InChI is InChI=1S/C20H26N4O2/c1-15(22-23-20(25)18-7-6-10-21-18)16-8-9-19(26-2)17(13-16)14-24-11-4-3-5-12-24/h6-10,13,21H,3-5,11-12,14H2,1-2H3,(H,23,25)/p+1/b22-15-. The highest BCUT2D eigenvalue weighted by Gasteiger charge is 2.17. The van der Waals surface area contributed by atoms with Crippen molar-refractivity contribution in [1.29, 1.82) is 0 Å². The normalized spacial score (nSPS) is 15.7. The van der Waals surface area contributed by atoms with Crippen molar-refractivity contribution in [3.05, 3.63) is 53.3 Å². The minimum Gasteiger partial charge on any atom is -0.496 e. The van der Waals surface area contributed by atoms with E-state index < -0.39 is 0 Å². The maximum Gasteiger partial charge on any atom is 0.287 e. The lowest BCUT2D eigenvalue weighted by Crippen LogP contribution is -3.11. The van der Waals surface area contributed by atoms with E-state index in [0.717, 1.165) is 23.6 Å². The summed E-state index contributed by atoms with van der Waals surface area (Å²) in [5.74, 6) is 0.663. The first kappa shape index (κ1) is 18.2. The predicted octanol–water partition coefficient (Wildman–Crippen LogP) is 1.75. The number of amides is 1. The van der Waals surface area contributed by atoms with Gasteiger partial charge in [-0.05, 0) is 62.1 Å². The molecule has 1 fully saturated rings. The molecule has 2 heterocycles. The summed E-state index contributed by atoms with van der Waals surface area (Å²) in [5.41, 5.74) is 6.03. The number of likely N-dealkylation sites (tertiary alicyclic amines) is 1. The molecular formula is C20H27N4O2+. The Balaban J connectivity index is 1.73. The largest absolute Gasteiger partial charge is 0.496 e. The topological polar surface area (TPSA) is 70.9 Å². The number of aromatic amines is 1. The third-order valence-electron chi connectivity index (χ3n) is 4.87. The number of carbonyl (C=O) groups excluding carboxylic acids is 1. The van der Waals surface area contributed by atoms with E-state index in [1.54, 1.807) is 30.3 Å². The molecule has 0 aliphatic carbocycles. The van der Waals surface area contributed by atoms with Crippen molar-refractivity contribution in [1.82, 2.24) is 10.4 Å². The molecule has 3 rings (SSSR count). The highest BCUT2D eigenvalue weighted by Crippen LogP contribution is 2.20. The predicted molar refractivity (Wildman–Crippen MR) is 102 cm³/mol. The molecule has 0 saturated carbocycles. The Morgan fingerprint density at radius 2 is 2.08 bits per heavy atom. The van der Waals surface area contributed by atoms with Crippen molar-refractivity contribution >= 4 is 11.6 Å². The summed E-state index contributed by atoms with van der Waals surface area (Å²) in [5, 5.41) is 4.24. The number of hydrogen-bond acceptors (Lipinski definition) is 3. The monoisotopic (exact) mass is 355 g/mol. The van der Waals surface area contributed by atoms with Gasteiger partial charge < -0.3 is 14.6 Å². The molecule has 1 aromatic carbocycles. The molecule has 3 N–H and O–H groups in total. The van der Waals surface area contributed by atoms with E-state index in [1.165, 1.54) is 37.9 Å². The van der Waals surface area contributed by atoms with Gasteiger partial charge in [0, 0.05) is 11.8 Å². The summed E-state index contributed by atoms with van der Waals surface area (Å²) < 4.78 is 5.54. The lowest BCUT2D eigenvalue weighted by atomic mass is 10.0. The molecule has 0 radical (unpaired) electrons. The molecule has 6 heteroatoms. The maximum absolute atomic E-state index is 12.0. The number of benzene rings is 1. The van der Waals surface area contributed by atoms with Gasteiger partial charge in [0.1, 0.15) is 18.0 Å². The van der Waals surface area contributed by atoms with E-state index in [9.17, 15) is 4.79 Å². The van der Waals surface area contributed by atoms with Crippen LogP contribution in [-0.2, 0) is 6.54 Å². The number of piperidine rings is 1. The number of nitrogens with one attached hydrogen (secondary N) is 3. The second-order valence-electron chi connectivity index (χ2n) is 6.74. The van der Waals surface area contributed by atoms with E-state index in [4.69, 9.17) is 4.74 Å². The van der Waals surface area contributed by atoms with Crippen molar-refractivity contribution in [3.8, 4) is 5.75 Å². The summed E-state index contributed by atoms with van der Waals surface area (Å²) >= 11 is 0. The zero-order chi connectivity index (χ0) is 18.4. The van der Waals surface area contributed by atoms with Gasteiger partial charge in [-0.25, -0.2) is 5.43 Å². The van der Waals surface area contributed by atoms with Crippen LogP contribution < -0.4 is 15.1 Å². The molecule has 0 bridgehead atoms. The number of H-pyrrole nitrogens is 1. The van der Waals surface area contributed by atoms with E-state index >= 15 is 0 Å². The minimum atomic E-state index is -0.249. The number of hydrazone groups is 1. The van der Waals surface area contributed by atoms with Gasteiger partial charge in [-0.1, -0.05) is 0 Å². The average molecular weight is 355 g/mol. The fourth-order valence-electron chi connectivity index (χ4n) is 3.37. The number of carbonyl (C=O) groups is 1. The SMILES string of the molecule is COc1ccc(/C(C)=N\NC(=O)c2ccc[nH]2)cc1C[NH+]1CCCCC1. The van der Waals surface area contributed by atoms with Gasteiger partial charge in [0.15, 0.2) is 0 Å². The molecule has 0 atom stereocenters. The molecule has 138 valence electrons. The molecule has 1 saturated heterocycles. The van der Waals surface area contributed by atoms with E-state index in [2.05, 4.69) is 21.6 Å².